The Balaban J connectivity index is 1.45. The van der Waals surface area contributed by atoms with Gasteiger partial charge in [0.25, 0.3) is 5.56 Å². The normalized spacial score (nSPS) is 14.0. The van der Waals surface area contributed by atoms with E-state index in [1.807, 2.05) is 19.9 Å². The van der Waals surface area contributed by atoms with Gasteiger partial charge < -0.3 is 4.98 Å². The molecule has 7 nitrogen and oxygen atoms in total. The Bertz CT molecular complexity index is 1190. The van der Waals surface area contributed by atoms with Crippen LogP contribution >= 0.6 is 23.1 Å². The number of thiophene rings is 1. The summed E-state index contributed by atoms with van der Waals surface area (Å²) in [4.78, 5) is 43.0. The number of nitriles is 1. The molecular weight excluding hydrogens is 406 g/mol. The number of hydrogen-bond donors (Lipinski definition) is 1. The lowest BCUT2D eigenvalue weighted by Gasteiger charge is -2.08. The van der Waals surface area contributed by atoms with Crippen molar-refractivity contribution in [3.8, 4) is 6.07 Å². The van der Waals surface area contributed by atoms with Gasteiger partial charge in [-0.15, -0.1) is 23.1 Å². The number of carbonyl (C=O) groups is 1. The molecular formula is C20H19N5O2S2. The van der Waals surface area contributed by atoms with Crippen molar-refractivity contribution < 1.29 is 4.79 Å². The minimum Gasteiger partial charge on any atom is -0.309 e. The third-order valence-electron chi connectivity index (χ3n) is 4.82. The van der Waals surface area contributed by atoms with Crippen LogP contribution in [0.2, 0.25) is 0 Å². The zero-order chi connectivity index (χ0) is 20.5. The standard InChI is InChI=1S/C20H19N5O2S2/c1-10-6-11(2)23-18(22-10)13(7-21)14(26)8-28-9-16-24-19(27)17-12-4-3-5-15(12)29-20(17)25-16/h6,13H,3-5,8-9H2,1-2H3,(H,24,25,27). The molecule has 0 amide bonds. The van der Waals surface area contributed by atoms with Gasteiger partial charge >= 0.3 is 0 Å². The maximum atomic E-state index is 12.5. The molecule has 0 aromatic carbocycles. The highest BCUT2D eigenvalue weighted by Crippen LogP contribution is 2.34. The number of carbonyl (C=O) groups excluding carboxylic acids is 1. The van der Waals surface area contributed by atoms with Gasteiger partial charge in [-0.2, -0.15) is 5.26 Å². The predicted octanol–water partition coefficient (Wildman–Crippen LogP) is 2.99. The van der Waals surface area contributed by atoms with Gasteiger partial charge in [-0.25, -0.2) is 15.0 Å². The van der Waals surface area contributed by atoms with E-state index in [1.165, 1.54) is 16.6 Å². The Morgan fingerprint density at radius 2 is 2.07 bits per heavy atom. The number of hydrogen-bond acceptors (Lipinski definition) is 8. The molecule has 0 aliphatic heterocycles. The molecule has 3 aromatic heterocycles. The van der Waals surface area contributed by atoms with Crippen molar-refractivity contribution in [2.75, 3.05) is 5.75 Å². The first kappa shape index (κ1) is 19.7. The summed E-state index contributed by atoms with van der Waals surface area (Å²) < 4.78 is 0. The number of rotatable bonds is 6. The molecule has 1 aliphatic rings. The van der Waals surface area contributed by atoms with E-state index >= 15 is 0 Å². The van der Waals surface area contributed by atoms with Gasteiger partial charge in [0.2, 0.25) is 0 Å². The minimum atomic E-state index is -0.990. The minimum absolute atomic E-state index is 0.102. The van der Waals surface area contributed by atoms with E-state index in [1.54, 1.807) is 17.4 Å². The number of aryl methyl sites for hydroxylation is 4. The number of aromatic nitrogens is 4. The fraction of sp³-hybridized carbons (Fsp3) is 0.400. The Morgan fingerprint density at radius 1 is 1.31 bits per heavy atom. The number of ketones is 1. The third-order valence-corrected chi connectivity index (χ3v) is 6.97. The molecule has 29 heavy (non-hydrogen) atoms. The lowest BCUT2D eigenvalue weighted by molar-refractivity contribution is -0.117. The van der Waals surface area contributed by atoms with Gasteiger partial charge in [0.1, 0.15) is 10.7 Å². The van der Waals surface area contributed by atoms with Crippen LogP contribution in [0.25, 0.3) is 10.2 Å². The summed E-state index contributed by atoms with van der Waals surface area (Å²) >= 11 is 2.92. The molecule has 9 heteroatoms. The van der Waals surface area contributed by atoms with Crippen molar-refractivity contribution in [1.82, 2.24) is 19.9 Å². The smallest absolute Gasteiger partial charge is 0.259 e. The molecule has 3 heterocycles. The fourth-order valence-corrected chi connectivity index (χ4v) is 5.68. The number of H-pyrrole nitrogens is 1. The largest absolute Gasteiger partial charge is 0.309 e. The van der Waals surface area contributed by atoms with Crippen LogP contribution in [0.1, 0.15) is 45.8 Å². The highest BCUT2D eigenvalue weighted by molar-refractivity contribution is 7.99. The number of nitrogens with one attached hydrogen (secondary N) is 1. The molecule has 0 saturated heterocycles. The van der Waals surface area contributed by atoms with E-state index in [9.17, 15) is 14.9 Å². The summed E-state index contributed by atoms with van der Waals surface area (Å²) in [6, 6.07) is 3.82. The Morgan fingerprint density at radius 3 is 2.79 bits per heavy atom. The molecule has 1 unspecified atom stereocenters. The molecule has 1 atom stereocenters. The van der Waals surface area contributed by atoms with Crippen LogP contribution in [0.3, 0.4) is 0 Å². The fourth-order valence-electron chi connectivity index (χ4n) is 3.60. The van der Waals surface area contributed by atoms with E-state index in [0.717, 1.165) is 46.4 Å². The molecule has 148 valence electrons. The zero-order valence-corrected chi connectivity index (χ0v) is 17.7. The molecule has 0 fully saturated rings. The summed E-state index contributed by atoms with van der Waals surface area (Å²) in [5.74, 6) is 0.0766. The van der Waals surface area contributed by atoms with E-state index < -0.39 is 5.92 Å². The highest BCUT2D eigenvalue weighted by atomic mass is 32.2. The van der Waals surface area contributed by atoms with Gasteiger partial charge in [-0.05, 0) is 44.7 Å². The van der Waals surface area contributed by atoms with Crippen molar-refractivity contribution >= 4 is 39.1 Å². The van der Waals surface area contributed by atoms with Gasteiger partial charge in [0.15, 0.2) is 17.5 Å². The molecule has 4 rings (SSSR count). The van der Waals surface area contributed by atoms with Crippen LogP contribution in [0.15, 0.2) is 10.9 Å². The quantitative estimate of drug-likeness (QED) is 0.646. The summed E-state index contributed by atoms with van der Waals surface area (Å²) in [7, 11) is 0. The van der Waals surface area contributed by atoms with Crippen molar-refractivity contribution in [3.05, 3.63) is 49.9 Å². The third kappa shape index (κ3) is 3.95. The van der Waals surface area contributed by atoms with Crippen LogP contribution in [0.5, 0.6) is 0 Å². The molecule has 0 spiro atoms. The number of aromatic amines is 1. The molecule has 3 aromatic rings. The zero-order valence-electron chi connectivity index (χ0n) is 16.1. The summed E-state index contributed by atoms with van der Waals surface area (Å²) in [5.41, 5.74) is 2.51. The topological polar surface area (TPSA) is 112 Å². The second-order valence-electron chi connectivity index (χ2n) is 7.08. The van der Waals surface area contributed by atoms with E-state index in [-0.39, 0.29) is 22.9 Å². The maximum Gasteiger partial charge on any atom is 0.259 e. The summed E-state index contributed by atoms with van der Waals surface area (Å²) in [6.45, 7) is 3.62. The van der Waals surface area contributed by atoms with Crippen LogP contribution in [-0.2, 0) is 23.4 Å². The number of thioether (sulfide) groups is 1. The average Bonchev–Trinajstić information content (AvgIpc) is 3.22. The van der Waals surface area contributed by atoms with Gasteiger partial charge in [-0.3, -0.25) is 9.59 Å². The van der Waals surface area contributed by atoms with Gasteiger partial charge in [0.05, 0.1) is 23.0 Å². The molecule has 0 radical (unpaired) electrons. The van der Waals surface area contributed by atoms with E-state index in [4.69, 9.17) is 0 Å². The lowest BCUT2D eigenvalue weighted by Crippen LogP contribution is -2.17. The second-order valence-corrected chi connectivity index (χ2v) is 9.15. The second kappa shape index (κ2) is 8.05. The van der Waals surface area contributed by atoms with E-state index in [0.29, 0.717) is 11.6 Å². The Kier molecular flexibility index (Phi) is 5.48. The first-order chi connectivity index (χ1) is 14.0. The Labute approximate surface area is 175 Å². The highest BCUT2D eigenvalue weighted by Gasteiger charge is 2.24. The van der Waals surface area contributed by atoms with Crippen LogP contribution in [0, 0.1) is 25.2 Å². The maximum absolute atomic E-state index is 12.5. The monoisotopic (exact) mass is 425 g/mol. The van der Waals surface area contributed by atoms with Crippen LogP contribution in [0.4, 0.5) is 0 Å². The summed E-state index contributed by atoms with van der Waals surface area (Å²) in [6.07, 6.45) is 3.06. The summed E-state index contributed by atoms with van der Waals surface area (Å²) in [5, 5.41) is 10.2. The lowest BCUT2D eigenvalue weighted by atomic mass is 10.1. The number of nitrogens with zero attached hydrogens (tertiary/aromatic N) is 4. The first-order valence-corrected chi connectivity index (χ1v) is 11.3. The van der Waals surface area contributed by atoms with Crippen molar-refractivity contribution in [2.24, 2.45) is 0 Å². The number of Topliss-reactive ketones (excluding diaryl/α,β-unsaturated/α-hetero) is 1. The molecule has 0 saturated carbocycles. The van der Waals surface area contributed by atoms with Gasteiger partial charge in [-0.1, -0.05) is 0 Å². The predicted molar refractivity (Wildman–Crippen MR) is 113 cm³/mol. The Hall–Kier alpha value is -2.57. The number of fused-ring (bicyclic) bond motifs is 3. The van der Waals surface area contributed by atoms with Crippen LogP contribution in [-0.4, -0.2) is 31.5 Å². The first-order valence-electron chi connectivity index (χ1n) is 9.32. The molecule has 1 N–H and O–H groups in total. The van der Waals surface area contributed by atoms with E-state index in [2.05, 4.69) is 19.9 Å². The van der Waals surface area contributed by atoms with Crippen molar-refractivity contribution in [1.29, 1.82) is 5.26 Å². The molecule has 1 aliphatic carbocycles. The van der Waals surface area contributed by atoms with Crippen molar-refractivity contribution in [2.45, 2.75) is 44.8 Å². The molecule has 0 bridgehead atoms. The van der Waals surface area contributed by atoms with Crippen LogP contribution < -0.4 is 5.56 Å². The van der Waals surface area contributed by atoms with Gasteiger partial charge in [0, 0.05) is 16.3 Å². The average molecular weight is 426 g/mol. The van der Waals surface area contributed by atoms with Crippen molar-refractivity contribution in [3.63, 3.8) is 0 Å². The SMILES string of the molecule is Cc1cc(C)nc(C(C#N)C(=O)CSCc2nc3sc4c(c3c(=O)[nH]2)CCC4)n1.